The van der Waals surface area contributed by atoms with Gasteiger partial charge < -0.3 is 16.4 Å². The van der Waals surface area contributed by atoms with Crippen LogP contribution in [-0.2, 0) is 9.59 Å². The number of hydrogen-bond donors (Lipinski definition) is 3. The second kappa shape index (κ2) is 11.7. The Bertz CT molecular complexity index is 1200. The second-order valence-electron chi connectivity index (χ2n) is 9.63. The quantitative estimate of drug-likeness (QED) is 0.318. The Labute approximate surface area is 221 Å². The Balaban J connectivity index is 1.43. The van der Waals surface area contributed by atoms with E-state index in [-0.39, 0.29) is 23.7 Å². The van der Waals surface area contributed by atoms with Crippen molar-refractivity contribution in [1.29, 1.82) is 0 Å². The van der Waals surface area contributed by atoms with E-state index in [2.05, 4.69) is 57.4 Å². The number of para-hydroxylation sites is 2. The van der Waals surface area contributed by atoms with Crippen LogP contribution in [-0.4, -0.2) is 35.8 Å². The average molecular weight is 550 g/mol. The molecule has 36 heavy (non-hydrogen) atoms. The first-order valence-corrected chi connectivity index (χ1v) is 13.1. The zero-order valence-corrected chi connectivity index (χ0v) is 22.3. The first kappa shape index (κ1) is 25.9. The first-order chi connectivity index (χ1) is 17.3. The molecule has 1 aliphatic carbocycles. The van der Waals surface area contributed by atoms with Crippen LogP contribution in [0.3, 0.4) is 0 Å². The minimum Gasteiger partial charge on any atom is -0.397 e. The summed E-state index contributed by atoms with van der Waals surface area (Å²) < 4.78 is 1.15. The summed E-state index contributed by atoms with van der Waals surface area (Å²) in [4.78, 5) is 28.0. The number of benzene rings is 2. The van der Waals surface area contributed by atoms with Crippen molar-refractivity contribution in [3.05, 3.63) is 88.1 Å². The Morgan fingerprint density at radius 2 is 1.78 bits per heavy atom. The summed E-state index contributed by atoms with van der Waals surface area (Å²) in [6.45, 7) is 5.93. The molecule has 2 aromatic rings. The third-order valence-electron chi connectivity index (χ3n) is 6.81. The lowest BCUT2D eigenvalue weighted by Gasteiger charge is -2.20. The van der Waals surface area contributed by atoms with Gasteiger partial charge in [-0.1, -0.05) is 58.4 Å². The molecule has 2 aromatic carbocycles. The number of anilines is 2. The van der Waals surface area contributed by atoms with Gasteiger partial charge in [-0.05, 0) is 66.6 Å². The molecule has 7 heteroatoms. The average Bonchev–Trinajstić information content (AvgIpc) is 3.32. The van der Waals surface area contributed by atoms with Crippen molar-refractivity contribution in [3.8, 4) is 0 Å². The summed E-state index contributed by atoms with van der Waals surface area (Å²) in [6.07, 6.45) is 9.01. The molecule has 6 nitrogen and oxygen atoms in total. The molecule has 0 radical (unpaired) electrons. The zero-order chi connectivity index (χ0) is 25.7. The van der Waals surface area contributed by atoms with E-state index in [1.807, 2.05) is 36.4 Å². The van der Waals surface area contributed by atoms with Crippen LogP contribution in [0.2, 0.25) is 0 Å². The highest BCUT2D eigenvalue weighted by Gasteiger charge is 2.39. The Morgan fingerprint density at radius 3 is 2.44 bits per heavy atom. The summed E-state index contributed by atoms with van der Waals surface area (Å²) >= 11 is 3.52. The highest BCUT2D eigenvalue weighted by Crippen LogP contribution is 2.35. The van der Waals surface area contributed by atoms with Crippen LogP contribution in [0, 0.1) is 5.92 Å². The highest BCUT2D eigenvalue weighted by molar-refractivity contribution is 9.11. The van der Waals surface area contributed by atoms with Gasteiger partial charge in [-0.3, -0.25) is 14.5 Å². The second-order valence-corrected chi connectivity index (χ2v) is 10.7. The lowest BCUT2D eigenvalue weighted by Crippen LogP contribution is -2.35. The molecule has 1 aliphatic heterocycles. The van der Waals surface area contributed by atoms with Crippen molar-refractivity contribution < 1.29 is 9.59 Å². The van der Waals surface area contributed by atoms with Gasteiger partial charge in [0, 0.05) is 36.8 Å². The highest BCUT2D eigenvalue weighted by atomic mass is 79.9. The van der Waals surface area contributed by atoms with Gasteiger partial charge in [0.05, 0.1) is 17.3 Å². The van der Waals surface area contributed by atoms with E-state index in [1.54, 1.807) is 18.2 Å². The van der Waals surface area contributed by atoms with E-state index in [0.717, 1.165) is 47.2 Å². The van der Waals surface area contributed by atoms with Crippen LogP contribution in [0.4, 0.5) is 11.4 Å². The molecular formula is C29H33BrN4O2. The minimum atomic E-state index is -0.240. The molecule has 4 N–H and O–H groups in total. The summed E-state index contributed by atoms with van der Waals surface area (Å²) in [7, 11) is 0. The molecule has 1 heterocycles. The monoisotopic (exact) mass is 548 g/mol. The zero-order valence-electron chi connectivity index (χ0n) is 20.7. The van der Waals surface area contributed by atoms with E-state index in [1.165, 1.54) is 6.08 Å². The van der Waals surface area contributed by atoms with Gasteiger partial charge in [0.15, 0.2) is 0 Å². The maximum Gasteiger partial charge on any atom is 0.248 e. The van der Waals surface area contributed by atoms with Crippen LogP contribution in [0.15, 0.2) is 76.9 Å². The van der Waals surface area contributed by atoms with E-state index in [9.17, 15) is 9.59 Å². The Hall–Kier alpha value is -3.16. The third-order valence-corrected chi connectivity index (χ3v) is 7.47. The molecule has 4 rings (SSSR count). The van der Waals surface area contributed by atoms with Crippen LogP contribution < -0.4 is 16.4 Å². The number of hydrogen-bond acceptors (Lipinski definition) is 4. The van der Waals surface area contributed by atoms with Gasteiger partial charge in [-0.15, -0.1) is 0 Å². The molecule has 0 bridgehead atoms. The number of likely N-dealkylation sites (tertiary alicyclic amines) is 1. The Morgan fingerprint density at radius 1 is 1.03 bits per heavy atom. The summed E-state index contributed by atoms with van der Waals surface area (Å²) in [5.41, 5.74) is 10.0. The van der Waals surface area contributed by atoms with Gasteiger partial charge in [-0.25, -0.2) is 0 Å². The molecule has 1 fully saturated rings. The molecule has 2 unspecified atom stereocenters. The Kier molecular flexibility index (Phi) is 8.44. The number of amides is 2. The molecular weight excluding hydrogens is 516 g/mol. The van der Waals surface area contributed by atoms with E-state index >= 15 is 0 Å². The molecule has 0 aromatic heterocycles. The van der Waals surface area contributed by atoms with Crippen LogP contribution in [0.5, 0.6) is 0 Å². The standard InChI is InChI=1S/C29H33BrN4O2/c1-19(2)34-17-24(25(18-34)29(36)32-23-14-12-22(30)13-15-23)21-10-7-20(8-11-21)9-16-28(35)33-27-6-4-3-5-26(27)31/h3-12,14,16,19,24-25H,13,15,17-18,31H2,1-2H3,(H,32,36)(H,33,35)/b16-9+. The lowest BCUT2D eigenvalue weighted by molar-refractivity contribution is -0.124. The van der Waals surface area contributed by atoms with Crippen LogP contribution in [0.1, 0.15) is 43.7 Å². The van der Waals surface area contributed by atoms with Crippen LogP contribution >= 0.6 is 15.9 Å². The van der Waals surface area contributed by atoms with Gasteiger partial charge in [-0.2, -0.15) is 0 Å². The number of nitrogens with one attached hydrogen (secondary N) is 2. The minimum absolute atomic E-state index is 0.0849. The van der Waals surface area contributed by atoms with Crippen molar-refractivity contribution in [3.63, 3.8) is 0 Å². The smallest absolute Gasteiger partial charge is 0.248 e. The predicted octanol–water partition coefficient (Wildman–Crippen LogP) is 5.42. The van der Waals surface area contributed by atoms with E-state index in [0.29, 0.717) is 17.4 Å². The SMILES string of the molecule is CC(C)N1CC(C(=O)NC2=CC=C(Br)CC2)C(c2ccc(/C=C/C(=O)Nc3ccccc3N)cc2)C1. The number of carbonyl (C=O) groups excluding carboxylic acids is 2. The van der Waals surface area contributed by atoms with Crippen molar-refractivity contribution >= 4 is 45.2 Å². The van der Waals surface area contributed by atoms with Crippen LogP contribution in [0.25, 0.3) is 6.08 Å². The van der Waals surface area contributed by atoms with Crippen molar-refractivity contribution in [1.82, 2.24) is 10.2 Å². The number of nitrogen functional groups attached to an aromatic ring is 1. The lowest BCUT2D eigenvalue weighted by atomic mass is 9.87. The molecule has 2 aliphatic rings. The van der Waals surface area contributed by atoms with Gasteiger partial charge in [0.2, 0.25) is 11.8 Å². The fourth-order valence-corrected chi connectivity index (χ4v) is 4.97. The summed E-state index contributed by atoms with van der Waals surface area (Å²) in [5.74, 6) is -0.162. The van der Waals surface area contributed by atoms with Gasteiger partial charge >= 0.3 is 0 Å². The third kappa shape index (κ3) is 6.53. The summed E-state index contributed by atoms with van der Waals surface area (Å²) in [6, 6.07) is 15.7. The number of rotatable bonds is 7. The van der Waals surface area contributed by atoms with E-state index in [4.69, 9.17) is 5.73 Å². The molecule has 1 saturated heterocycles. The van der Waals surface area contributed by atoms with Crippen molar-refractivity contribution in [2.45, 2.75) is 38.6 Å². The number of carbonyl (C=O) groups is 2. The maximum atomic E-state index is 13.3. The predicted molar refractivity (Wildman–Crippen MR) is 150 cm³/mol. The number of nitrogens with two attached hydrogens (primary N) is 1. The number of allylic oxidation sites excluding steroid dienone is 4. The molecule has 188 valence electrons. The fourth-order valence-electron chi connectivity index (χ4n) is 4.64. The van der Waals surface area contributed by atoms with Gasteiger partial charge in [0.1, 0.15) is 0 Å². The first-order valence-electron chi connectivity index (χ1n) is 12.3. The molecule has 0 saturated carbocycles. The fraction of sp³-hybridized carbons (Fsp3) is 0.310. The molecule has 0 spiro atoms. The van der Waals surface area contributed by atoms with E-state index < -0.39 is 0 Å². The van der Waals surface area contributed by atoms with Gasteiger partial charge in [0.25, 0.3) is 0 Å². The number of nitrogens with zero attached hydrogens (tertiary/aromatic N) is 1. The topological polar surface area (TPSA) is 87.5 Å². The largest absolute Gasteiger partial charge is 0.397 e. The maximum absolute atomic E-state index is 13.3. The van der Waals surface area contributed by atoms with Crippen molar-refractivity contribution in [2.75, 3.05) is 24.1 Å². The normalized spacial score (nSPS) is 20.3. The number of halogens is 1. The van der Waals surface area contributed by atoms with Crippen molar-refractivity contribution in [2.24, 2.45) is 5.92 Å². The summed E-state index contributed by atoms with van der Waals surface area (Å²) in [5, 5.41) is 5.97. The molecule has 2 atom stereocenters. The molecule has 2 amide bonds.